The maximum absolute atomic E-state index is 10.8. The number of halogens is 1. The first-order chi connectivity index (χ1) is 11.5. The molecule has 132 valence electrons. The zero-order chi connectivity index (χ0) is 17.2. The van der Waals surface area contributed by atoms with Crippen molar-refractivity contribution in [1.82, 2.24) is 0 Å². The summed E-state index contributed by atoms with van der Waals surface area (Å²) < 4.78 is 12.5. The van der Waals surface area contributed by atoms with E-state index < -0.39 is 4.92 Å². The van der Waals surface area contributed by atoms with Crippen LogP contribution in [0.3, 0.4) is 0 Å². The fourth-order valence-corrected chi connectivity index (χ4v) is 4.18. The second kappa shape index (κ2) is 6.89. The molecule has 0 amide bonds. The third kappa shape index (κ3) is 3.52. The molecule has 2 aliphatic rings. The van der Waals surface area contributed by atoms with Crippen LogP contribution in [0.2, 0.25) is 5.02 Å². The van der Waals surface area contributed by atoms with E-state index in [9.17, 15) is 10.1 Å². The molecule has 24 heavy (non-hydrogen) atoms. The fraction of sp³-hybridized carbons (Fsp3) is 0.667. The fourth-order valence-electron chi connectivity index (χ4n) is 3.95. The summed E-state index contributed by atoms with van der Waals surface area (Å²) in [5, 5.41) is 11.1. The predicted molar refractivity (Wildman–Crippen MR) is 92.8 cm³/mol. The highest BCUT2D eigenvalue weighted by Crippen LogP contribution is 2.47. The summed E-state index contributed by atoms with van der Waals surface area (Å²) in [4.78, 5) is 10.3. The van der Waals surface area contributed by atoms with Crippen LogP contribution in [0.4, 0.5) is 5.69 Å². The molecule has 2 fully saturated rings. The van der Waals surface area contributed by atoms with Gasteiger partial charge in [-0.25, -0.2) is 0 Å². The third-order valence-electron chi connectivity index (χ3n) is 5.50. The van der Waals surface area contributed by atoms with Crippen LogP contribution in [0.25, 0.3) is 0 Å². The summed E-state index contributed by atoms with van der Waals surface area (Å²) >= 11 is 6.12. The molecule has 0 bridgehead atoms. The number of nitro groups is 1. The molecule has 6 heteroatoms. The molecule has 0 N–H and O–H groups in total. The van der Waals surface area contributed by atoms with Crippen LogP contribution in [-0.2, 0) is 4.74 Å². The van der Waals surface area contributed by atoms with Crippen molar-refractivity contribution < 1.29 is 14.4 Å². The van der Waals surface area contributed by atoms with Gasteiger partial charge in [0.05, 0.1) is 15.5 Å². The van der Waals surface area contributed by atoms with Gasteiger partial charge in [0.1, 0.15) is 18.0 Å². The van der Waals surface area contributed by atoms with E-state index in [2.05, 4.69) is 6.92 Å². The van der Waals surface area contributed by atoms with Crippen LogP contribution in [0.15, 0.2) is 18.2 Å². The molecule has 1 spiro atoms. The average molecular weight is 354 g/mol. The minimum Gasteiger partial charge on any atom is -0.489 e. The Hall–Kier alpha value is -1.33. The van der Waals surface area contributed by atoms with Crippen molar-refractivity contribution in [2.45, 2.75) is 69.5 Å². The zero-order valence-corrected chi connectivity index (χ0v) is 14.8. The maximum Gasteiger partial charge on any atom is 0.271 e. The van der Waals surface area contributed by atoms with Gasteiger partial charge in [-0.1, -0.05) is 37.8 Å². The lowest BCUT2D eigenvalue weighted by atomic mass is 9.82. The monoisotopic (exact) mass is 353 g/mol. The van der Waals surface area contributed by atoms with Crippen LogP contribution in [-0.4, -0.2) is 22.7 Å². The summed E-state index contributed by atoms with van der Waals surface area (Å²) in [6.45, 7) is 2.56. The van der Waals surface area contributed by atoms with E-state index in [0.717, 1.165) is 32.1 Å². The summed E-state index contributed by atoms with van der Waals surface area (Å²) in [6, 6.07) is 4.31. The van der Waals surface area contributed by atoms with Crippen molar-refractivity contribution >= 4 is 17.3 Å². The van der Waals surface area contributed by atoms with Crippen molar-refractivity contribution in [2.24, 2.45) is 0 Å². The average Bonchev–Trinajstić information content (AvgIpc) is 2.93. The minimum absolute atomic E-state index is 0.0316. The van der Waals surface area contributed by atoms with Gasteiger partial charge in [-0.15, -0.1) is 0 Å². The van der Waals surface area contributed by atoms with Crippen molar-refractivity contribution in [2.75, 3.05) is 6.61 Å². The molecule has 1 heterocycles. The van der Waals surface area contributed by atoms with Gasteiger partial charge in [0.2, 0.25) is 0 Å². The smallest absolute Gasteiger partial charge is 0.271 e. The van der Waals surface area contributed by atoms with E-state index in [1.165, 1.54) is 31.4 Å². The molecule has 1 aliphatic carbocycles. The van der Waals surface area contributed by atoms with Gasteiger partial charge < -0.3 is 9.47 Å². The number of benzene rings is 1. The predicted octanol–water partition coefficient (Wildman–Crippen LogP) is 5.29. The van der Waals surface area contributed by atoms with Gasteiger partial charge in [-0.3, -0.25) is 10.1 Å². The lowest BCUT2D eigenvalue weighted by Crippen LogP contribution is -2.40. The molecule has 0 aromatic heterocycles. The molecule has 1 atom stereocenters. The summed E-state index contributed by atoms with van der Waals surface area (Å²) in [5.74, 6) is 0.475. The van der Waals surface area contributed by atoms with E-state index in [4.69, 9.17) is 21.1 Å². The Kier molecular flexibility index (Phi) is 5.02. The Bertz CT molecular complexity index is 615. The molecule has 0 radical (unpaired) electrons. The minimum atomic E-state index is -0.462. The summed E-state index contributed by atoms with van der Waals surface area (Å²) in [6.07, 6.45) is 9.06. The van der Waals surface area contributed by atoms with Crippen molar-refractivity contribution in [3.8, 4) is 5.75 Å². The van der Waals surface area contributed by atoms with E-state index in [0.29, 0.717) is 12.4 Å². The highest BCUT2D eigenvalue weighted by molar-refractivity contribution is 6.32. The van der Waals surface area contributed by atoms with Crippen LogP contribution in [0.1, 0.15) is 58.3 Å². The number of ether oxygens (including phenoxy) is 2. The molecule has 1 saturated heterocycles. The number of hydrogen-bond donors (Lipinski definition) is 0. The third-order valence-corrected chi connectivity index (χ3v) is 5.79. The molecule has 1 aromatic rings. The molecule has 1 unspecified atom stereocenters. The Morgan fingerprint density at radius 1 is 1.25 bits per heavy atom. The molecule has 1 aromatic carbocycles. The number of nitro benzene ring substituents is 1. The molecule has 1 saturated carbocycles. The van der Waals surface area contributed by atoms with Gasteiger partial charge >= 0.3 is 0 Å². The molecular formula is C18H24ClNO4. The topological polar surface area (TPSA) is 61.6 Å². The summed E-state index contributed by atoms with van der Waals surface area (Å²) in [5.41, 5.74) is -0.268. The largest absolute Gasteiger partial charge is 0.489 e. The Labute approximate surface area is 147 Å². The second-order valence-corrected chi connectivity index (χ2v) is 7.45. The number of non-ortho nitro benzene ring substituents is 1. The number of nitrogens with zero attached hydrogens (tertiary/aromatic N) is 1. The second-order valence-electron chi connectivity index (χ2n) is 7.04. The van der Waals surface area contributed by atoms with Crippen molar-refractivity contribution in [3.05, 3.63) is 33.3 Å². The first kappa shape index (κ1) is 17.5. The van der Waals surface area contributed by atoms with E-state index in [-0.39, 0.29) is 21.9 Å². The highest BCUT2D eigenvalue weighted by Gasteiger charge is 2.48. The van der Waals surface area contributed by atoms with Gasteiger partial charge in [0.25, 0.3) is 5.69 Å². The first-order valence-corrected chi connectivity index (χ1v) is 9.12. The van der Waals surface area contributed by atoms with Crippen LogP contribution in [0, 0.1) is 10.1 Å². The molecule has 1 aliphatic heterocycles. The standard InChI is InChI=1S/C18H24ClNO4/c1-2-17(10-11-18(24-17)8-4-3-5-9-18)13-23-16-7-6-14(20(21)22)12-15(16)19/h6-7,12H,2-5,8-11,13H2,1H3. The van der Waals surface area contributed by atoms with Gasteiger partial charge in [-0.2, -0.15) is 0 Å². The number of hydrogen-bond acceptors (Lipinski definition) is 4. The van der Waals surface area contributed by atoms with Crippen LogP contribution >= 0.6 is 11.6 Å². The quantitative estimate of drug-likeness (QED) is 0.533. The van der Waals surface area contributed by atoms with E-state index in [1.54, 1.807) is 6.07 Å². The van der Waals surface area contributed by atoms with Crippen LogP contribution < -0.4 is 4.74 Å². The summed E-state index contributed by atoms with van der Waals surface area (Å²) in [7, 11) is 0. The van der Waals surface area contributed by atoms with Gasteiger partial charge in [-0.05, 0) is 38.2 Å². The number of rotatable bonds is 5. The van der Waals surface area contributed by atoms with E-state index >= 15 is 0 Å². The SMILES string of the molecule is CCC1(COc2ccc([N+](=O)[O-])cc2Cl)CCC2(CCCCC2)O1. The van der Waals surface area contributed by atoms with E-state index in [1.807, 2.05) is 0 Å². The van der Waals surface area contributed by atoms with Crippen LogP contribution in [0.5, 0.6) is 5.75 Å². The Morgan fingerprint density at radius 3 is 2.62 bits per heavy atom. The van der Waals surface area contributed by atoms with Crippen molar-refractivity contribution in [3.63, 3.8) is 0 Å². The lowest BCUT2D eigenvalue weighted by molar-refractivity contribution is -0.384. The van der Waals surface area contributed by atoms with Gasteiger partial charge in [0, 0.05) is 12.1 Å². The van der Waals surface area contributed by atoms with Crippen molar-refractivity contribution in [1.29, 1.82) is 0 Å². The molecular weight excluding hydrogens is 330 g/mol. The highest BCUT2D eigenvalue weighted by atomic mass is 35.5. The molecule has 5 nitrogen and oxygen atoms in total. The Balaban J connectivity index is 1.67. The normalized spacial score (nSPS) is 25.8. The first-order valence-electron chi connectivity index (χ1n) is 8.75. The zero-order valence-electron chi connectivity index (χ0n) is 14.1. The maximum atomic E-state index is 10.8. The molecule has 3 rings (SSSR count). The van der Waals surface area contributed by atoms with Gasteiger partial charge in [0.15, 0.2) is 0 Å². The lowest BCUT2D eigenvalue weighted by Gasteiger charge is -2.37. The Morgan fingerprint density at radius 2 is 2.00 bits per heavy atom.